The molecule has 7 heteroatoms. The first-order valence-corrected chi connectivity index (χ1v) is 11.8. The van der Waals surface area contributed by atoms with Crippen molar-refractivity contribution in [1.82, 2.24) is 9.62 Å². The number of nitrogens with one attached hydrogen (secondary N) is 1. The molecule has 158 valence electrons. The van der Waals surface area contributed by atoms with E-state index in [9.17, 15) is 13.2 Å². The van der Waals surface area contributed by atoms with E-state index in [2.05, 4.69) is 5.32 Å². The Morgan fingerprint density at radius 2 is 1.86 bits per heavy atom. The zero-order chi connectivity index (χ0) is 20.6. The molecule has 1 aromatic carbocycles. The van der Waals surface area contributed by atoms with Gasteiger partial charge in [-0.1, -0.05) is 39.2 Å². The Hall–Kier alpha value is -1.44. The van der Waals surface area contributed by atoms with Gasteiger partial charge in [0.2, 0.25) is 10.0 Å². The second kappa shape index (κ2) is 10.9. The highest BCUT2D eigenvalue weighted by Gasteiger charge is 2.23. The molecule has 0 radical (unpaired) electrons. The van der Waals surface area contributed by atoms with Crippen molar-refractivity contribution in [3.63, 3.8) is 0 Å². The summed E-state index contributed by atoms with van der Waals surface area (Å²) in [6, 6.07) is 4.74. The van der Waals surface area contributed by atoms with Gasteiger partial charge in [-0.3, -0.25) is 4.79 Å². The lowest BCUT2D eigenvalue weighted by atomic mass is 9.98. The predicted molar refractivity (Wildman–Crippen MR) is 111 cm³/mol. The second-order valence-electron chi connectivity index (χ2n) is 7.31. The normalized spacial score (nSPS) is 15.7. The Morgan fingerprint density at radius 3 is 2.50 bits per heavy atom. The van der Waals surface area contributed by atoms with Crippen molar-refractivity contribution in [2.24, 2.45) is 0 Å². The zero-order valence-electron chi connectivity index (χ0n) is 17.4. The maximum atomic E-state index is 12.7. The van der Waals surface area contributed by atoms with E-state index >= 15 is 0 Å². The molecular weight excluding hydrogens is 376 g/mol. The molecule has 0 bridgehead atoms. The van der Waals surface area contributed by atoms with E-state index in [1.165, 1.54) is 29.6 Å². The van der Waals surface area contributed by atoms with Crippen molar-refractivity contribution in [3.05, 3.63) is 29.3 Å². The van der Waals surface area contributed by atoms with Crippen LogP contribution in [-0.2, 0) is 14.8 Å². The van der Waals surface area contributed by atoms with E-state index < -0.39 is 10.0 Å². The summed E-state index contributed by atoms with van der Waals surface area (Å²) in [6.07, 6.45) is 7.19. The fraction of sp³-hybridized carbons (Fsp3) is 0.667. The van der Waals surface area contributed by atoms with Crippen molar-refractivity contribution in [2.45, 2.75) is 70.3 Å². The Kier molecular flexibility index (Phi) is 8.92. The van der Waals surface area contributed by atoms with Gasteiger partial charge in [0.1, 0.15) is 0 Å². The van der Waals surface area contributed by atoms with E-state index in [4.69, 9.17) is 4.74 Å². The molecule has 1 aliphatic rings. The summed E-state index contributed by atoms with van der Waals surface area (Å²) in [5.41, 5.74) is 1.16. The van der Waals surface area contributed by atoms with Crippen molar-refractivity contribution in [2.75, 3.05) is 26.2 Å². The maximum Gasteiger partial charge on any atom is 0.251 e. The molecule has 0 heterocycles. The Bertz CT molecular complexity index is 739. The molecule has 6 nitrogen and oxygen atoms in total. The largest absolute Gasteiger partial charge is 0.378 e. The fourth-order valence-electron chi connectivity index (χ4n) is 3.57. The first-order chi connectivity index (χ1) is 13.4. The molecule has 2 rings (SSSR count). The molecular formula is C21H34N2O4S. The topological polar surface area (TPSA) is 75.7 Å². The number of hydrogen-bond donors (Lipinski definition) is 1. The third kappa shape index (κ3) is 6.03. The minimum atomic E-state index is -3.58. The monoisotopic (exact) mass is 410 g/mol. The molecule has 0 spiro atoms. The van der Waals surface area contributed by atoms with Gasteiger partial charge in [0.05, 0.1) is 11.0 Å². The van der Waals surface area contributed by atoms with Crippen molar-refractivity contribution in [3.8, 4) is 0 Å². The van der Waals surface area contributed by atoms with Crippen LogP contribution in [0.5, 0.6) is 0 Å². The molecule has 0 unspecified atom stereocenters. The molecule has 0 aromatic heterocycles. The lowest BCUT2D eigenvalue weighted by Crippen LogP contribution is -2.31. The lowest BCUT2D eigenvalue weighted by molar-refractivity contribution is 0.0273. The van der Waals surface area contributed by atoms with Crippen LogP contribution in [0.3, 0.4) is 0 Å². The first-order valence-electron chi connectivity index (χ1n) is 10.4. The molecule has 0 aliphatic heterocycles. The highest BCUT2D eigenvalue weighted by Crippen LogP contribution is 2.21. The van der Waals surface area contributed by atoms with Crippen molar-refractivity contribution in [1.29, 1.82) is 0 Å². The maximum absolute atomic E-state index is 12.7. The van der Waals surface area contributed by atoms with Crippen LogP contribution in [0, 0.1) is 6.92 Å². The summed E-state index contributed by atoms with van der Waals surface area (Å²) < 4.78 is 32.7. The first kappa shape index (κ1) is 22.8. The lowest BCUT2D eigenvalue weighted by Gasteiger charge is -2.22. The minimum absolute atomic E-state index is 0.160. The van der Waals surface area contributed by atoms with Gasteiger partial charge in [-0.2, -0.15) is 4.31 Å². The minimum Gasteiger partial charge on any atom is -0.378 e. The van der Waals surface area contributed by atoms with Crippen LogP contribution in [0.2, 0.25) is 0 Å². The van der Waals surface area contributed by atoms with Gasteiger partial charge < -0.3 is 10.1 Å². The highest BCUT2D eigenvalue weighted by molar-refractivity contribution is 7.89. The number of amides is 1. The predicted octanol–water partition coefficient (Wildman–Crippen LogP) is 3.49. The smallest absolute Gasteiger partial charge is 0.251 e. The van der Waals surface area contributed by atoms with Gasteiger partial charge in [-0.25, -0.2) is 8.42 Å². The van der Waals surface area contributed by atoms with Crippen LogP contribution in [0.4, 0.5) is 0 Å². The van der Waals surface area contributed by atoms with Crippen LogP contribution < -0.4 is 5.32 Å². The second-order valence-corrected chi connectivity index (χ2v) is 9.24. The van der Waals surface area contributed by atoms with Crippen molar-refractivity contribution < 1.29 is 17.9 Å². The molecule has 1 aliphatic carbocycles. The van der Waals surface area contributed by atoms with Crippen LogP contribution >= 0.6 is 0 Å². The number of benzene rings is 1. The molecule has 1 N–H and O–H groups in total. The SMILES string of the molecule is CCN(CC)S(=O)(=O)c1ccc(C)c(C(=O)NCCCOC2CCCCC2)c1. The molecule has 1 amide bonds. The number of rotatable bonds is 10. The van der Waals surface area contributed by atoms with Gasteiger partial charge in [-0.05, 0) is 43.9 Å². The van der Waals surface area contributed by atoms with Crippen LogP contribution in [0.1, 0.15) is 68.3 Å². The average Bonchev–Trinajstić information content (AvgIpc) is 2.69. The number of hydrogen-bond acceptors (Lipinski definition) is 4. The highest BCUT2D eigenvalue weighted by atomic mass is 32.2. The number of ether oxygens (including phenoxy) is 1. The van der Waals surface area contributed by atoms with Crippen molar-refractivity contribution >= 4 is 15.9 Å². The summed E-state index contributed by atoms with van der Waals surface area (Å²) in [7, 11) is -3.58. The Labute approximate surface area is 169 Å². The molecule has 1 aromatic rings. The number of sulfonamides is 1. The summed E-state index contributed by atoms with van der Waals surface area (Å²) >= 11 is 0. The summed E-state index contributed by atoms with van der Waals surface area (Å²) in [6.45, 7) is 7.37. The number of carbonyl (C=O) groups is 1. The van der Waals surface area contributed by atoms with Crippen LogP contribution in [0.25, 0.3) is 0 Å². The van der Waals surface area contributed by atoms with Gasteiger partial charge in [0.15, 0.2) is 0 Å². The average molecular weight is 411 g/mol. The van der Waals surface area contributed by atoms with E-state index in [0.717, 1.165) is 24.8 Å². The van der Waals surface area contributed by atoms with E-state index in [0.29, 0.717) is 37.9 Å². The standard InChI is InChI=1S/C21H34N2O4S/c1-4-23(5-2)28(25,26)19-13-12-17(3)20(16-19)21(24)22-14-9-15-27-18-10-7-6-8-11-18/h12-13,16,18H,4-11,14-15H2,1-3H3,(H,22,24). The van der Waals surface area contributed by atoms with E-state index in [1.54, 1.807) is 26.0 Å². The van der Waals surface area contributed by atoms with Crippen LogP contribution in [0.15, 0.2) is 23.1 Å². The van der Waals surface area contributed by atoms with E-state index in [-0.39, 0.29) is 10.8 Å². The summed E-state index contributed by atoms with van der Waals surface area (Å²) in [5, 5.41) is 2.89. The molecule has 0 atom stereocenters. The number of carbonyl (C=O) groups excluding carboxylic acids is 1. The molecule has 0 saturated heterocycles. The van der Waals surface area contributed by atoms with Crippen LogP contribution in [-0.4, -0.2) is 51.0 Å². The quantitative estimate of drug-likeness (QED) is 0.599. The van der Waals surface area contributed by atoms with Gasteiger partial charge in [0.25, 0.3) is 5.91 Å². The summed E-state index contributed by atoms with van der Waals surface area (Å²) in [5.74, 6) is -0.244. The zero-order valence-corrected chi connectivity index (χ0v) is 18.2. The van der Waals surface area contributed by atoms with E-state index in [1.807, 2.05) is 6.92 Å². The van der Waals surface area contributed by atoms with Gasteiger partial charge in [-0.15, -0.1) is 0 Å². The number of nitrogens with zero attached hydrogens (tertiary/aromatic N) is 1. The third-order valence-corrected chi connectivity index (χ3v) is 7.36. The summed E-state index contributed by atoms with van der Waals surface area (Å²) in [4.78, 5) is 12.7. The number of aryl methyl sites for hydroxylation is 1. The fourth-order valence-corrected chi connectivity index (χ4v) is 5.05. The molecule has 1 fully saturated rings. The van der Waals surface area contributed by atoms with Gasteiger partial charge >= 0.3 is 0 Å². The Balaban J connectivity index is 1.91. The Morgan fingerprint density at radius 1 is 1.18 bits per heavy atom. The molecule has 1 saturated carbocycles. The van der Waals surface area contributed by atoms with Gasteiger partial charge in [0, 0.05) is 31.8 Å². The molecule has 28 heavy (non-hydrogen) atoms. The third-order valence-electron chi connectivity index (χ3n) is 5.31.